The van der Waals surface area contributed by atoms with Crippen LogP contribution in [0.1, 0.15) is 19.8 Å². The van der Waals surface area contributed by atoms with E-state index >= 15 is 0 Å². The molecule has 1 N–H and O–H groups in total. The molecule has 3 heteroatoms. The van der Waals surface area contributed by atoms with Gasteiger partial charge in [0.15, 0.2) is 12.2 Å². The third-order valence-corrected chi connectivity index (χ3v) is 1.82. The van der Waals surface area contributed by atoms with Crippen molar-refractivity contribution in [3.05, 3.63) is 0 Å². The fourth-order valence-corrected chi connectivity index (χ4v) is 1.15. The van der Waals surface area contributed by atoms with Crippen LogP contribution in [0.15, 0.2) is 0 Å². The smallest absolute Gasteiger partial charge is 0.185 e. The van der Waals surface area contributed by atoms with E-state index in [9.17, 15) is 5.26 Å². The van der Waals surface area contributed by atoms with Crippen LogP contribution in [0.25, 0.3) is 0 Å². The Kier molecular flexibility index (Phi) is 2.05. The Hall–Kier alpha value is -0.120. The van der Waals surface area contributed by atoms with E-state index in [1.165, 1.54) is 0 Å². The van der Waals surface area contributed by atoms with Crippen molar-refractivity contribution in [2.75, 3.05) is 6.61 Å². The molecule has 2 unspecified atom stereocenters. The second-order valence-corrected chi connectivity index (χ2v) is 2.52. The number of aliphatic hydroxyl groups excluding tert-OH is 1. The molecule has 0 spiro atoms. The van der Waals surface area contributed by atoms with Gasteiger partial charge in [-0.25, -0.2) is 0 Å². The first kappa shape index (κ1) is 6.99. The van der Waals surface area contributed by atoms with Crippen molar-refractivity contribution in [3.63, 3.8) is 0 Å². The zero-order valence-corrected chi connectivity index (χ0v) is 5.54. The van der Waals surface area contributed by atoms with E-state index < -0.39 is 0 Å². The summed E-state index contributed by atoms with van der Waals surface area (Å²) >= 11 is 0. The highest BCUT2D eigenvalue weighted by atomic mass is 17.2. The molecule has 2 atom stereocenters. The van der Waals surface area contributed by atoms with Crippen LogP contribution in [0.2, 0.25) is 0 Å². The van der Waals surface area contributed by atoms with Gasteiger partial charge in [-0.2, -0.15) is 0 Å². The Bertz CT molecular complexity index is 94.3. The summed E-state index contributed by atoms with van der Waals surface area (Å²) in [5, 5.41) is 19.4. The van der Waals surface area contributed by atoms with Gasteiger partial charge in [0.05, 0.1) is 0 Å². The minimum Gasteiger partial charge on any atom is -0.534 e. The summed E-state index contributed by atoms with van der Waals surface area (Å²) in [6.07, 6.45) is 1.52. The topological polar surface area (TPSA) is 46.0 Å². The number of hydrogen-bond acceptors (Lipinski definition) is 2. The summed E-state index contributed by atoms with van der Waals surface area (Å²) in [5.74, 6) is 0. The lowest BCUT2D eigenvalue weighted by molar-refractivity contribution is -0.813. The van der Waals surface area contributed by atoms with Gasteiger partial charge < -0.3 is 14.9 Å². The molecule has 0 amide bonds. The van der Waals surface area contributed by atoms with Crippen molar-refractivity contribution in [2.24, 2.45) is 0 Å². The first-order valence-electron chi connectivity index (χ1n) is 3.26. The maximum atomic E-state index is 10.8. The van der Waals surface area contributed by atoms with E-state index in [4.69, 9.17) is 5.11 Å². The SMILES string of the molecule is CC1CCC(CO)[O+]1[O-]. The van der Waals surface area contributed by atoms with Crippen LogP contribution in [-0.2, 0) is 4.52 Å². The van der Waals surface area contributed by atoms with Crippen LogP contribution in [0, 0.1) is 0 Å². The summed E-state index contributed by atoms with van der Waals surface area (Å²) in [4.78, 5) is 0. The molecule has 1 aliphatic rings. The molecule has 0 radical (unpaired) electrons. The standard InChI is InChI=1S/C6H12O3/c1-5-2-3-6(4-7)9(5)8/h5-7H,2-4H2,1H3. The molecule has 0 aromatic rings. The molecule has 9 heavy (non-hydrogen) atoms. The average molecular weight is 132 g/mol. The molecule has 0 aromatic heterocycles. The second-order valence-electron chi connectivity index (χ2n) is 2.52. The first-order chi connectivity index (χ1) is 4.25. The van der Waals surface area contributed by atoms with Crippen LogP contribution in [0.5, 0.6) is 0 Å². The van der Waals surface area contributed by atoms with Crippen LogP contribution in [0.3, 0.4) is 0 Å². The Morgan fingerprint density at radius 3 is 2.56 bits per heavy atom. The number of aliphatic hydroxyl groups is 1. The van der Waals surface area contributed by atoms with E-state index in [1.807, 2.05) is 6.92 Å². The summed E-state index contributed by atoms with van der Waals surface area (Å²) in [6, 6.07) is 0. The molecule has 1 saturated heterocycles. The van der Waals surface area contributed by atoms with Crippen LogP contribution in [0.4, 0.5) is 0 Å². The van der Waals surface area contributed by atoms with Crippen molar-refractivity contribution in [3.8, 4) is 0 Å². The molecule has 0 aliphatic carbocycles. The Balaban J connectivity index is 2.41. The monoisotopic (exact) mass is 132 g/mol. The van der Waals surface area contributed by atoms with Gasteiger partial charge in [0.25, 0.3) is 0 Å². The van der Waals surface area contributed by atoms with Gasteiger partial charge in [-0.15, -0.1) is 0 Å². The highest BCUT2D eigenvalue weighted by molar-refractivity contribution is 4.70. The van der Waals surface area contributed by atoms with E-state index in [0.717, 1.165) is 12.8 Å². The normalized spacial score (nSPS) is 37.7. The Morgan fingerprint density at radius 2 is 2.33 bits per heavy atom. The van der Waals surface area contributed by atoms with E-state index in [-0.39, 0.29) is 18.8 Å². The van der Waals surface area contributed by atoms with Crippen molar-refractivity contribution in [1.29, 1.82) is 0 Å². The molecule has 1 aliphatic heterocycles. The lowest BCUT2D eigenvalue weighted by Gasteiger charge is -2.25. The fourth-order valence-electron chi connectivity index (χ4n) is 1.15. The van der Waals surface area contributed by atoms with Gasteiger partial charge in [-0.3, -0.25) is 0 Å². The minimum absolute atomic E-state index is 0.0293. The third-order valence-electron chi connectivity index (χ3n) is 1.82. The second kappa shape index (κ2) is 2.64. The van der Waals surface area contributed by atoms with Gasteiger partial charge in [0.2, 0.25) is 0 Å². The number of hydrogen-bond donors (Lipinski definition) is 1. The fraction of sp³-hybridized carbons (Fsp3) is 1.00. The van der Waals surface area contributed by atoms with Crippen molar-refractivity contribution in [1.82, 2.24) is 0 Å². The van der Waals surface area contributed by atoms with Crippen molar-refractivity contribution in [2.45, 2.75) is 32.0 Å². The molecule has 1 heterocycles. The maximum Gasteiger partial charge on any atom is 0.185 e. The van der Waals surface area contributed by atoms with Crippen LogP contribution >= 0.6 is 0 Å². The molecular formula is C6H12O3. The molecule has 0 aromatic carbocycles. The summed E-state index contributed by atoms with van der Waals surface area (Å²) in [6.45, 7) is 1.83. The minimum atomic E-state index is -0.208. The molecule has 0 saturated carbocycles. The molecule has 3 nitrogen and oxygen atoms in total. The molecule has 54 valence electrons. The van der Waals surface area contributed by atoms with Gasteiger partial charge in [-0.05, 0) is 0 Å². The van der Waals surface area contributed by atoms with Gasteiger partial charge >= 0.3 is 0 Å². The average Bonchev–Trinajstić information content (AvgIpc) is 2.15. The predicted molar refractivity (Wildman–Crippen MR) is 30.7 cm³/mol. The summed E-state index contributed by atoms with van der Waals surface area (Å²) in [7, 11) is 0. The van der Waals surface area contributed by atoms with E-state index in [1.54, 1.807) is 4.52 Å². The predicted octanol–water partition coefficient (Wildman–Crippen LogP) is -0.643. The molecule has 1 rings (SSSR count). The van der Waals surface area contributed by atoms with Crippen molar-refractivity contribution >= 4 is 0 Å². The Morgan fingerprint density at radius 1 is 1.67 bits per heavy atom. The van der Waals surface area contributed by atoms with Crippen LogP contribution in [-0.4, -0.2) is 23.9 Å². The van der Waals surface area contributed by atoms with Gasteiger partial charge in [-0.1, -0.05) is 0 Å². The highest BCUT2D eigenvalue weighted by Gasteiger charge is 2.30. The van der Waals surface area contributed by atoms with Crippen LogP contribution < -0.4 is 5.26 Å². The van der Waals surface area contributed by atoms with Gasteiger partial charge in [0, 0.05) is 19.8 Å². The quantitative estimate of drug-likeness (QED) is 0.381. The highest BCUT2D eigenvalue weighted by Crippen LogP contribution is 2.22. The van der Waals surface area contributed by atoms with E-state index in [0.29, 0.717) is 0 Å². The lowest BCUT2D eigenvalue weighted by atomic mass is 10.2. The summed E-state index contributed by atoms with van der Waals surface area (Å²) < 4.78 is 1.75. The van der Waals surface area contributed by atoms with Gasteiger partial charge in [0.1, 0.15) is 6.61 Å². The molecule has 0 bridgehead atoms. The largest absolute Gasteiger partial charge is 0.534 e. The zero-order chi connectivity index (χ0) is 6.85. The van der Waals surface area contributed by atoms with E-state index in [2.05, 4.69) is 0 Å². The zero-order valence-electron chi connectivity index (χ0n) is 5.54. The molecular weight excluding hydrogens is 120 g/mol. The Labute approximate surface area is 54.5 Å². The number of rotatable bonds is 1. The summed E-state index contributed by atoms with van der Waals surface area (Å²) in [5.41, 5.74) is 0. The molecule has 1 fully saturated rings. The van der Waals surface area contributed by atoms with Crippen molar-refractivity contribution < 1.29 is 14.9 Å². The first-order valence-corrected chi connectivity index (χ1v) is 3.26. The third kappa shape index (κ3) is 1.23. The maximum absolute atomic E-state index is 10.8. The lowest BCUT2D eigenvalue weighted by Crippen LogP contribution is -2.37.